The molecular weight excluding hydrogens is 244 g/mol. The lowest BCUT2D eigenvalue weighted by Crippen LogP contribution is -2.37. The van der Waals surface area contributed by atoms with Crippen LogP contribution in [-0.4, -0.2) is 55.8 Å². The molecule has 0 saturated heterocycles. The van der Waals surface area contributed by atoms with E-state index in [0.29, 0.717) is 10.7 Å². The van der Waals surface area contributed by atoms with Crippen LogP contribution in [0.25, 0.3) is 0 Å². The number of rotatable bonds is 4. The van der Waals surface area contributed by atoms with Gasteiger partial charge in [-0.15, -0.1) is 0 Å². The first-order valence-electron chi connectivity index (χ1n) is 5.09. The van der Waals surface area contributed by atoms with Crippen molar-refractivity contribution in [3.05, 3.63) is 12.2 Å². The molecule has 0 rings (SSSR count). The normalized spacial score (nSPS) is 10.5. The maximum atomic E-state index is 11.2. The van der Waals surface area contributed by atoms with Crippen LogP contribution in [0.15, 0.2) is 12.2 Å². The van der Waals surface area contributed by atoms with E-state index in [2.05, 4.69) is 6.58 Å². The number of hydrogen-bond donors (Lipinski definition) is 1. The molecule has 0 fully saturated rings. The molecule has 1 N–H and O–H groups in total. The second-order valence-electron chi connectivity index (χ2n) is 3.98. The summed E-state index contributed by atoms with van der Waals surface area (Å²) in [6.07, 6.45) is 0.443. The van der Waals surface area contributed by atoms with Gasteiger partial charge >= 0.3 is 10.3 Å². The molecule has 0 atom stereocenters. The molecule has 0 spiro atoms. The molecule has 0 bridgehead atoms. The SMILES string of the molecule is C=C(C)C(=O)N(CCC)S(=O)(=O)O.CN(C)C. The number of carbonyl (C=O) groups is 1. The summed E-state index contributed by atoms with van der Waals surface area (Å²) in [5.74, 6) is -0.774. The molecule has 7 heteroatoms. The van der Waals surface area contributed by atoms with E-state index in [1.807, 2.05) is 26.0 Å². The van der Waals surface area contributed by atoms with Crippen LogP contribution < -0.4 is 0 Å². The predicted molar refractivity (Wildman–Crippen MR) is 68.0 cm³/mol. The highest BCUT2D eigenvalue weighted by Crippen LogP contribution is 2.05. The van der Waals surface area contributed by atoms with Crippen molar-refractivity contribution in [1.82, 2.24) is 9.21 Å². The smallest absolute Gasteiger partial charge is 0.312 e. The van der Waals surface area contributed by atoms with Crippen LogP contribution >= 0.6 is 0 Å². The van der Waals surface area contributed by atoms with Gasteiger partial charge in [0.05, 0.1) is 0 Å². The van der Waals surface area contributed by atoms with Crippen LogP contribution in [0.5, 0.6) is 0 Å². The molecule has 0 aromatic carbocycles. The summed E-state index contributed by atoms with van der Waals surface area (Å²) in [6, 6.07) is 0. The van der Waals surface area contributed by atoms with Gasteiger partial charge in [-0.2, -0.15) is 8.42 Å². The van der Waals surface area contributed by atoms with Crippen LogP contribution in [0.3, 0.4) is 0 Å². The van der Waals surface area contributed by atoms with E-state index in [9.17, 15) is 13.2 Å². The molecule has 0 heterocycles. The van der Waals surface area contributed by atoms with Gasteiger partial charge in [0.2, 0.25) is 0 Å². The Labute approximate surface area is 104 Å². The minimum atomic E-state index is -4.45. The average molecular weight is 266 g/mol. The Morgan fingerprint density at radius 2 is 1.65 bits per heavy atom. The van der Waals surface area contributed by atoms with E-state index < -0.39 is 16.2 Å². The van der Waals surface area contributed by atoms with Crippen molar-refractivity contribution in [2.45, 2.75) is 20.3 Å². The van der Waals surface area contributed by atoms with Gasteiger partial charge in [-0.3, -0.25) is 9.35 Å². The van der Waals surface area contributed by atoms with Crippen LogP contribution in [0.4, 0.5) is 0 Å². The van der Waals surface area contributed by atoms with Crippen molar-refractivity contribution in [3.8, 4) is 0 Å². The average Bonchev–Trinajstić information content (AvgIpc) is 2.10. The van der Waals surface area contributed by atoms with Crippen LogP contribution in [0, 0.1) is 0 Å². The molecule has 0 aliphatic carbocycles. The van der Waals surface area contributed by atoms with Gasteiger partial charge in [0.1, 0.15) is 0 Å². The summed E-state index contributed by atoms with van der Waals surface area (Å²) in [6.45, 7) is 6.35. The highest BCUT2D eigenvalue weighted by molar-refractivity contribution is 7.84. The number of hydrogen-bond acceptors (Lipinski definition) is 4. The van der Waals surface area contributed by atoms with Crippen molar-refractivity contribution >= 4 is 16.2 Å². The fourth-order valence-electron chi connectivity index (χ4n) is 0.738. The molecule has 1 amide bonds. The van der Waals surface area contributed by atoms with Gasteiger partial charge in [0.25, 0.3) is 5.91 Å². The first-order valence-corrected chi connectivity index (χ1v) is 6.49. The highest BCUT2D eigenvalue weighted by atomic mass is 32.2. The first-order chi connectivity index (χ1) is 7.53. The van der Waals surface area contributed by atoms with Crippen LogP contribution in [-0.2, 0) is 15.1 Å². The summed E-state index contributed by atoms with van der Waals surface area (Å²) in [4.78, 5) is 13.2. The van der Waals surface area contributed by atoms with Crippen molar-refractivity contribution in [1.29, 1.82) is 0 Å². The van der Waals surface area contributed by atoms with Crippen LogP contribution in [0.2, 0.25) is 0 Å². The Kier molecular flexibility index (Phi) is 8.91. The highest BCUT2D eigenvalue weighted by Gasteiger charge is 2.24. The van der Waals surface area contributed by atoms with Gasteiger partial charge in [-0.25, -0.2) is 4.31 Å². The summed E-state index contributed by atoms with van der Waals surface area (Å²) in [5, 5.41) is 0. The van der Waals surface area contributed by atoms with Crippen molar-refractivity contribution in [3.63, 3.8) is 0 Å². The zero-order valence-electron chi connectivity index (χ0n) is 11.1. The Balaban J connectivity index is 0. The summed E-state index contributed by atoms with van der Waals surface area (Å²) < 4.78 is 30.4. The molecule has 0 aliphatic heterocycles. The van der Waals surface area contributed by atoms with E-state index in [1.165, 1.54) is 6.92 Å². The van der Waals surface area contributed by atoms with Crippen molar-refractivity contribution in [2.75, 3.05) is 27.7 Å². The first kappa shape index (κ1) is 18.4. The van der Waals surface area contributed by atoms with Gasteiger partial charge in [0.15, 0.2) is 0 Å². The predicted octanol–water partition coefficient (Wildman–Crippen LogP) is 0.782. The maximum Gasteiger partial charge on any atom is 0.362 e. The van der Waals surface area contributed by atoms with E-state index in [-0.39, 0.29) is 12.1 Å². The van der Waals surface area contributed by atoms with E-state index >= 15 is 0 Å². The lowest BCUT2D eigenvalue weighted by molar-refractivity contribution is -0.122. The lowest BCUT2D eigenvalue weighted by atomic mass is 10.3. The molecule has 102 valence electrons. The molecular formula is C10H22N2O4S. The third-order valence-corrected chi connectivity index (χ3v) is 2.20. The van der Waals surface area contributed by atoms with Gasteiger partial charge in [-0.05, 0) is 34.5 Å². The zero-order valence-corrected chi connectivity index (χ0v) is 11.9. The molecule has 0 saturated carbocycles. The Hall–Kier alpha value is -0.920. The molecule has 0 aromatic heterocycles. The minimum absolute atomic E-state index is 0.0372. The molecule has 0 unspecified atom stereocenters. The number of nitrogens with zero attached hydrogens (tertiary/aromatic N) is 2. The Morgan fingerprint density at radius 3 is 1.82 bits per heavy atom. The van der Waals surface area contributed by atoms with Crippen molar-refractivity contribution in [2.24, 2.45) is 0 Å². The Bertz CT molecular complexity index is 347. The van der Waals surface area contributed by atoms with E-state index in [4.69, 9.17) is 4.55 Å². The third kappa shape index (κ3) is 9.98. The Morgan fingerprint density at radius 1 is 1.29 bits per heavy atom. The molecule has 0 aliphatic rings. The van der Waals surface area contributed by atoms with Gasteiger partial charge in [-0.1, -0.05) is 13.5 Å². The second kappa shape index (κ2) is 8.21. The fraction of sp³-hybridized carbons (Fsp3) is 0.700. The number of carbonyl (C=O) groups excluding carboxylic acids is 1. The molecule has 0 aromatic rings. The van der Waals surface area contributed by atoms with Gasteiger partial charge < -0.3 is 4.90 Å². The monoisotopic (exact) mass is 266 g/mol. The third-order valence-electron chi connectivity index (χ3n) is 1.30. The summed E-state index contributed by atoms with van der Waals surface area (Å²) >= 11 is 0. The molecule has 17 heavy (non-hydrogen) atoms. The maximum absolute atomic E-state index is 11.2. The van der Waals surface area contributed by atoms with E-state index in [0.717, 1.165) is 0 Å². The van der Waals surface area contributed by atoms with Crippen LogP contribution in [0.1, 0.15) is 20.3 Å². The summed E-state index contributed by atoms with van der Waals surface area (Å²) in [7, 11) is 1.55. The number of amides is 1. The zero-order chi connectivity index (χ0) is 14.2. The minimum Gasteiger partial charge on any atom is -0.312 e. The van der Waals surface area contributed by atoms with Gasteiger partial charge in [0, 0.05) is 12.1 Å². The standard InChI is InChI=1S/C7H13NO4S.C3H9N/c1-4-5-8(13(10,11)12)7(9)6(2)3;1-4(2)3/h2,4-5H2,1,3H3,(H,10,11,12);1-3H3. The molecule has 0 radical (unpaired) electrons. The van der Waals surface area contributed by atoms with E-state index in [1.54, 1.807) is 6.92 Å². The topological polar surface area (TPSA) is 77.9 Å². The largest absolute Gasteiger partial charge is 0.362 e. The fourth-order valence-corrected chi connectivity index (χ4v) is 1.52. The molecule has 6 nitrogen and oxygen atoms in total. The quantitative estimate of drug-likeness (QED) is 0.601. The van der Waals surface area contributed by atoms with Crippen molar-refractivity contribution < 1.29 is 17.8 Å². The summed E-state index contributed by atoms with van der Waals surface area (Å²) in [5.41, 5.74) is 0.0751. The lowest BCUT2D eigenvalue weighted by Gasteiger charge is -2.17. The second-order valence-corrected chi connectivity index (χ2v) is 5.31.